The van der Waals surface area contributed by atoms with Crippen LogP contribution >= 0.6 is 0 Å². The van der Waals surface area contributed by atoms with E-state index >= 15 is 0 Å². The summed E-state index contributed by atoms with van der Waals surface area (Å²) in [6.07, 6.45) is -0.205. The molecule has 0 radical (unpaired) electrons. The second-order valence-electron chi connectivity index (χ2n) is 8.02. The van der Waals surface area contributed by atoms with Crippen molar-refractivity contribution in [1.29, 1.82) is 0 Å². The molecular weight excluding hydrogens is 451 g/mol. The number of rotatable bonds is 6. The van der Waals surface area contributed by atoms with E-state index in [1.807, 2.05) is 0 Å². The van der Waals surface area contributed by atoms with Gasteiger partial charge in [-0.05, 0) is 30.2 Å². The van der Waals surface area contributed by atoms with Crippen molar-refractivity contribution in [2.75, 3.05) is 13.7 Å². The topological polar surface area (TPSA) is 103 Å². The van der Waals surface area contributed by atoms with Crippen LogP contribution in [-0.4, -0.2) is 51.5 Å². The Bertz CT molecular complexity index is 1230. The van der Waals surface area contributed by atoms with Crippen molar-refractivity contribution >= 4 is 11.9 Å². The zero-order valence-electron chi connectivity index (χ0n) is 18.3. The Labute approximate surface area is 193 Å². The van der Waals surface area contributed by atoms with Crippen LogP contribution in [0.15, 0.2) is 36.4 Å². The number of halogens is 3. The minimum atomic E-state index is -1.28. The lowest BCUT2D eigenvalue weighted by molar-refractivity contribution is -0.133. The second kappa shape index (κ2) is 9.64. The number of esters is 1. The highest BCUT2D eigenvalue weighted by Crippen LogP contribution is 2.26. The molecule has 2 N–H and O–H groups in total. The molecule has 0 unspecified atom stereocenters. The van der Waals surface area contributed by atoms with Gasteiger partial charge in [-0.2, -0.15) is 0 Å². The number of fused-ring (bicyclic) bond motifs is 1. The Kier molecular flexibility index (Phi) is 6.64. The van der Waals surface area contributed by atoms with Crippen LogP contribution in [0, 0.1) is 17.5 Å². The highest BCUT2D eigenvalue weighted by molar-refractivity contribution is 5.89. The fourth-order valence-electron chi connectivity index (χ4n) is 3.89. The number of nitrogens with two attached hydrogens (primary N) is 1. The van der Waals surface area contributed by atoms with Gasteiger partial charge in [0.05, 0.1) is 31.5 Å². The van der Waals surface area contributed by atoms with Crippen molar-refractivity contribution in [1.82, 2.24) is 19.9 Å². The average Bonchev–Trinajstić information content (AvgIpc) is 3.25. The van der Waals surface area contributed by atoms with E-state index in [0.717, 1.165) is 17.3 Å². The molecule has 1 aliphatic heterocycles. The average molecular weight is 473 g/mol. The lowest BCUT2D eigenvalue weighted by atomic mass is 10.0. The van der Waals surface area contributed by atoms with Gasteiger partial charge in [0, 0.05) is 30.6 Å². The van der Waals surface area contributed by atoms with Crippen LogP contribution in [0.3, 0.4) is 0 Å². The third-order valence-corrected chi connectivity index (χ3v) is 5.70. The quantitative estimate of drug-likeness (QED) is 0.436. The molecule has 1 aromatic heterocycles. The van der Waals surface area contributed by atoms with E-state index in [9.17, 15) is 22.8 Å². The summed E-state index contributed by atoms with van der Waals surface area (Å²) in [6.45, 7) is 1.07. The van der Waals surface area contributed by atoms with Crippen molar-refractivity contribution in [3.8, 4) is 11.3 Å². The molecule has 0 fully saturated rings. The molecule has 0 saturated heterocycles. The Hall–Kier alpha value is -3.73. The minimum absolute atomic E-state index is 0.0854. The van der Waals surface area contributed by atoms with Gasteiger partial charge in [0.2, 0.25) is 5.91 Å². The predicted molar refractivity (Wildman–Crippen MR) is 115 cm³/mol. The molecule has 8 nitrogen and oxygen atoms in total. The van der Waals surface area contributed by atoms with Gasteiger partial charge in [0.1, 0.15) is 11.5 Å². The summed E-state index contributed by atoms with van der Waals surface area (Å²) in [5, 5.41) is 8.37. The summed E-state index contributed by atoms with van der Waals surface area (Å²) in [4.78, 5) is 26.1. The molecule has 0 aliphatic carbocycles. The van der Waals surface area contributed by atoms with Crippen molar-refractivity contribution in [3.05, 3.63) is 70.7 Å². The molecule has 11 heteroatoms. The smallest absolute Gasteiger partial charge is 0.337 e. The van der Waals surface area contributed by atoms with E-state index in [1.54, 1.807) is 33.8 Å². The van der Waals surface area contributed by atoms with Gasteiger partial charge in [0.15, 0.2) is 11.6 Å². The Balaban J connectivity index is 1.44. The van der Waals surface area contributed by atoms with Gasteiger partial charge in [-0.3, -0.25) is 4.79 Å². The molecule has 1 atom stereocenters. The third-order valence-electron chi connectivity index (χ3n) is 5.70. The maximum Gasteiger partial charge on any atom is 0.337 e. The lowest BCUT2D eigenvalue weighted by Crippen LogP contribution is -2.41. The van der Waals surface area contributed by atoms with E-state index < -0.39 is 29.5 Å². The van der Waals surface area contributed by atoms with Crippen LogP contribution in [0.25, 0.3) is 11.3 Å². The molecule has 2 aromatic carbocycles. The van der Waals surface area contributed by atoms with Crippen LogP contribution in [0.1, 0.15) is 28.0 Å². The van der Waals surface area contributed by atoms with E-state index in [1.165, 1.54) is 7.11 Å². The Morgan fingerprint density at radius 3 is 2.50 bits per heavy atom. The standard InChI is InChI=1S/C23H22F3N5O3/c1-34-23(33)14-4-2-13(3-5-14)22-20-12-30(6-7-31(20)29-28-22)21(32)10-16(27)8-15-9-18(25)19(26)11-17(15)24/h2-5,9,11,16H,6-8,10,12,27H2,1H3/t16-/m1/s1. The first-order valence-electron chi connectivity index (χ1n) is 10.5. The molecule has 0 spiro atoms. The Morgan fingerprint density at radius 2 is 1.79 bits per heavy atom. The molecule has 1 aliphatic rings. The number of aromatic nitrogens is 3. The van der Waals surface area contributed by atoms with E-state index in [-0.39, 0.29) is 30.9 Å². The first-order valence-corrected chi connectivity index (χ1v) is 10.5. The number of hydrogen-bond donors (Lipinski definition) is 1. The molecule has 178 valence electrons. The Morgan fingerprint density at radius 1 is 1.09 bits per heavy atom. The van der Waals surface area contributed by atoms with Crippen LogP contribution in [0.2, 0.25) is 0 Å². The first-order chi connectivity index (χ1) is 16.3. The monoisotopic (exact) mass is 473 g/mol. The number of amides is 1. The summed E-state index contributed by atoms with van der Waals surface area (Å²) >= 11 is 0. The van der Waals surface area contributed by atoms with Crippen molar-refractivity contribution in [2.45, 2.75) is 32.0 Å². The second-order valence-corrected chi connectivity index (χ2v) is 8.02. The molecular formula is C23H22F3N5O3. The van der Waals surface area contributed by atoms with Gasteiger partial charge >= 0.3 is 5.97 Å². The van der Waals surface area contributed by atoms with Crippen LogP contribution in [0.4, 0.5) is 13.2 Å². The fraction of sp³-hybridized carbons (Fsp3) is 0.304. The molecule has 0 saturated carbocycles. The zero-order chi connectivity index (χ0) is 24.4. The lowest BCUT2D eigenvalue weighted by Gasteiger charge is -2.28. The maximum atomic E-state index is 13.9. The van der Waals surface area contributed by atoms with Crippen LogP contribution < -0.4 is 5.73 Å². The highest BCUT2D eigenvalue weighted by atomic mass is 19.2. The van der Waals surface area contributed by atoms with Gasteiger partial charge in [-0.25, -0.2) is 22.6 Å². The summed E-state index contributed by atoms with van der Waals surface area (Å²) in [5.41, 5.74) is 8.37. The van der Waals surface area contributed by atoms with Gasteiger partial charge < -0.3 is 15.4 Å². The maximum absolute atomic E-state index is 13.9. The number of ether oxygens (including phenoxy) is 1. The predicted octanol–water partition coefficient (Wildman–Crippen LogP) is 2.45. The number of benzene rings is 2. The zero-order valence-corrected chi connectivity index (χ0v) is 18.3. The number of nitrogens with zero attached hydrogens (tertiary/aromatic N) is 4. The van der Waals surface area contributed by atoms with Crippen molar-refractivity contribution in [2.24, 2.45) is 5.73 Å². The summed E-state index contributed by atoms with van der Waals surface area (Å²) in [7, 11) is 1.30. The highest BCUT2D eigenvalue weighted by Gasteiger charge is 2.27. The fourth-order valence-corrected chi connectivity index (χ4v) is 3.89. The minimum Gasteiger partial charge on any atom is -0.465 e. The molecule has 2 heterocycles. The van der Waals surface area contributed by atoms with E-state index in [2.05, 4.69) is 10.3 Å². The molecule has 0 bridgehead atoms. The molecule has 3 aromatic rings. The molecule has 1 amide bonds. The number of carbonyl (C=O) groups excluding carboxylic acids is 2. The number of hydrogen-bond acceptors (Lipinski definition) is 6. The van der Waals surface area contributed by atoms with E-state index in [0.29, 0.717) is 30.4 Å². The van der Waals surface area contributed by atoms with Crippen molar-refractivity contribution in [3.63, 3.8) is 0 Å². The number of methoxy groups -OCH3 is 1. The SMILES string of the molecule is COC(=O)c1ccc(-c2nnn3c2CN(C(=O)C[C@H](N)Cc2cc(F)c(F)cc2F)CC3)cc1. The van der Waals surface area contributed by atoms with Gasteiger partial charge in [-0.1, -0.05) is 17.3 Å². The normalized spacial score (nSPS) is 14.0. The summed E-state index contributed by atoms with van der Waals surface area (Å²) in [6, 6.07) is 7.15. The van der Waals surface area contributed by atoms with Crippen LogP contribution in [0.5, 0.6) is 0 Å². The van der Waals surface area contributed by atoms with Gasteiger partial charge in [-0.15, -0.1) is 5.10 Å². The first kappa shape index (κ1) is 23.4. The van der Waals surface area contributed by atoms with Crippen molar-refractivity contribution < 1.29 is 27.5 Å². The molecule has 4 rings (SSSR count). The third kappa shape index (κ3) is 4.79. The van der Waals surface area contributed by atoms with Gasteiger partial charge in [0.25, 0.3) is 0 Å². The van der Waals surface area contributed by atoms with E-state index in [4.69, 9.17) is 10.5 Å². The summed E-state index contributed by atoms with van der Waals surface area (Å²) in [5.74, 6) is -4.06. The number of carbonyl (C=O) groups is 2. The largest absolute Gasteiger partial charge is 0.465 e. The molecule has 34 heavy (non-hydrogen) atoms. The van der Waals surface area contributed by atoms with Crippen LogP contribution in [-0.2, 0) is 29.0 Å². The summed E-state index contributed by atoms with van der Waals surface area (Å²) < 4.78 is 46.9.